The zero-order valence-electron chi connectivity index (χ0n) is 9.00. The largest absolute Gasteiger partial charge is 0.368 e. The minimum Gasteiger partial charge on any atom is -0.368 e. The first-order valence-electron chi connectivity index (χ1n) is 4.73. The Bertz CT molecular complexity index is 159. The molecule has 0 aromatic heterocycles. The number of amides is 1. The first kappa shape index (κ1) is 12.4. The molecular formula is C9H21N3O. The molecule has 1 unspecified atom stereocenters. The summed E-state index contributed by atoms with van der Waals surface area (Å²) in [6.07, 6.45) is 0. The molecule has 0 aliphatic carbocycles. The maximum Gasteiger partial charge on any atom is 0.235 e. The van der Waals surface area contributed by atoms with Crippen LogP contribution in [0.15, 0.2) is 0 Å². The molecule has 1 atom stereocenters. The van der Waals surface area contributed by atoms with E-state index in [9.17, 15) is 4.79 Å². The van der Waals surface area contributed by atoms with Crippen molar-refractivity contribution in [3.05, 3.63) is 0 Å². The van der Waals surface area contributed by atoms with Crippen LogP contribution in [0.25, 0.3) is 0 Å². The van der Waals surface area contributed by atoms with Gasteiger partial charge in [-0.25, -0.2) is 0 Å². The van der Waals surface area contributed by atoms with Gasteiger partial charge in [-0.15, -0.1) is 0 Å². The molecule has 0 spiro atoms. The summed E-state index contributed by atoms with van der Waals surface area (Å²) >= 11 is 0. The first-order chi connectivity index (χ1) is 6.02. The van der Waals surface area contributed by atoms with Crippen LogP contribution in [0.4, 0.5) is 0 Å². The monoisotopic (exact) mass is 187 g/mol. The van der Waals surface area contributed by atoms with E-state index >= 15 is 0 Å². The van der Waals surface area contributed by atoms with E-state index in [0.29, 0.717) is 12.6 Å². The van der Waals surface area contributed by atoms with Crippen molar-refractivity contribution in [1.82, 2.24) is 10.2 Å². The van der Waals surface area contributed by atoms with Gasteiger partial charge in [0.1, 0.15) is 0 Å². The van der Waals surface area contributed by atoms with E-state index in [1.807, 2.05) is 0 Å². The summed E-state index contributed by atoms with van der Waals surface area (Å²) in [6, 6.07) is 0.197. The number of carbonyl (C=O) groups is 1. The summed E-state index contributed by atoms with van der Waals surface area (Å²) in [6.45, 7) is 7.91. The van der Waals surface area contributed by atoms with Gasteiger partial charge in [-0.3, -0.25) is 9.69 Å². The molecule has 0 saturated heterocycles. The van der Waals surface area contributed by atoms with Crippen molar-refractivity contribution >= 4 is 5.91 Å². The Kier molecular flexibility index (Phi) is 5.66. The van der Waals surface area contributed by atoms with Gasteiger partial charge in [0.05, 0.1) is 6.04 Å². The van der Waals surface area contributed by atoms with Gasteiger partial charge in [0.2, 0.25) is 5.91 Å². The maximum absolute atomic E-state index is 10.9. The molecule has 0 fully saturated rings. The van der Waals surface area contributed by atoms with Crippen molar-refractivity contribution < 1.29 is 4.79 Å². The lowest BCUT2D eigenvalue weighted by Crippen LogP contribution is -2.49. The van der Waals surface area contributed by atoms with E-state index in [2.05, 4.69) is 31.0 Å². The summed E-state index contributed by atoms with van der Waals surface area (Å²) in [7, 11) is 1.75. The minimum absolute atomic E-state index is 0.248. The van der Waals surface area contributed by atoms with Crippen molar-refractivity contribution in [2.75, 3.05) is 20.1 Å². The smallest absolute Gasteiger partial charge is 0.235 e. The number of likely N-dealkylation sites (N-methyl/N-ethyl adjacent to an activating group) is 2. The Hall–Kier alpha value is -0.610. The molecule has 3 N–H and O–H groups in total. The van der Waals surface area contributed by atoms with Crippen molar-refractivity contribution in [3.8, 4) is 0 Å². The van der Waals surface area contributed by atoms with Gasteiger partial charge in [-0.2, -0.15) is 0 Å². The van der Waals surface area contributed by atoms with Gasteiger partial charge in [0.15, 0.2) is 0 Å². The third kappa shape index (κ3) is 4.24. The minimum atomic E-state index is -0.290. The lowest BCUT2D eigenvalue weighted by Gasteiger charge is -2.27. The van der Waals surface area contributed by atoms with Crippen LogP contribution in [0.5, 0.6) is 0 Å². The summed E-state index contributed by atoms with van der Waals surface area (Å²) < 4.78 is 0. The summed E-state index contributed by atoms with van der Waals surface area (Å²) in [5.74, 6) is -0.290. The Morgan fingerprint density at radius 1 is 1.54 bits per heavy atom. The Morgan fingerprint density at radius 2 is 2.08 bits per heavy atom. The van der Waals surface area contributed by atoms with Crippen LogP contribution < -0.4 is 11.1 Å². The molecule has 0 rings (SSSR count). The van der Waals surface area contributed by atoms with Crippen LogP contribution >= 0.6 is 0 Å². The van der Waals surface area contributed by atoms with Crippen LogP contribution in [0.2, 0.25) is 0 Å². The lowest BCUT2D eigenvalue weighted by atomic mass is 10.2. The molecular weight excluding hydrogens is 166 g/mol. The lowest BCUT2D eigenvalue weighted by molar-refractivity contribution is -0.120. The second kappa shape index (κ2) is 5.94. The predicted molar refractivity (Wildman–Crippen MR) is 54.4 cm³/mol. The van der Waals surface area contributed by atoms with Crippen LogP contribution in [-0.2, 0) is 4.79 Å². The number of primary amides is 1. The number of nitrogens with zero attached hydrogens (tertiary/aromatic N) is 1. The quantitative estimate of drug-likeness (QED) is 0.605. The maximum atomic E-state index is 10.9. The highest BCUT2D eigenvalue weighted by molar-refractivity contribution is 5.80. The summed E-state index contributed by atoms with van der Waals surface area (Å²) in [4.78, 5) is 13.1. The molecule has 0 aliphatic rings. The fourth-order valence-corrected chi connectivity index (χ4v) is 1.26. The van der Waals surface area contributed by atoms with Gasteiger partial charge >= 0.3 is 0 Å². The van der Waals surface area contributed by atoms with Gasteiger partial charge < -0.3 is 11.1 Å². The second-order valence-corrected chi connectivity index (χ2v) is 3.42. The highest BCUT2D eigenvalue weighted by Gasteiger charge is 2.17. The van der Waals surface area contributed by atoms with Crippen molar-refractivity contribution in [2.45, 2.75) is 32.9 Å². The molecule has 1 amide bonds. The van der Waals surface area contributed by atoms with Crippen LogP contribution in [0, 0.1) is 0 Å². The zero-order valence-corrected chi connectivity index (χ0v) is 9.00. The van der Waals surface area contributed by atoms with E-state index in [4.69, 9.17) is 5.73 Å². The van der Waals surface area contributed by atoms with E-state index in [1.54, 1.807) is 7.05 Å². The standard InChI is InChI=1S/C9H21N3O/c1-5-12(7(2)3)6-8(11-4)9(10)13/h7-8,11H,5-6H2,1-4H3,(H2,10,13). The van der Waals surface area contributed by atoms with Crippen LogP contribution in [0.1, 0.15) is 20.8 Å². The van der Waals surface area contributed by atoms with Crippen molar-refractivity contribution in [1.29, 1.82) is 0 Å². The van der Waals surface area contributed by atoms with Gasteiger partial charge in [0, 0.05) is 12.6 Å². The van der Waals surface area contributed by atoms with E-state index in [-0.39, 0.29) is 11.9 Å². The number of hydrogen-bond acceptors (Lipinski definition) is 3. The molecule has 0 aromatic carbocycles. The van der Waals surface area contributed by atoms with Gasteiger partial charge in [0.25, 0.3) is 0 Å². The number of rotatable bonds is 6. The molecule has 0 radical (unpaired) electrons. The molecule has 13 heavy (non-hydrogen) atoms. The first-order valence-corrected chi connectivity index (χ1v) is 4.73. The molecule has 4 heteroatoms. The average Bonchev–Trinajstić information content (AvgIpc) is 2.05. The molecule has 0 bridgehead atoms. The Morgan fingerprint density at radius 3 is 2.31 bits per heavy atom. The normalized spacial score (nSPS) is 13.7. The number of carbonyl (C=O) groups excluding carboxylic acids is 1. The van der Waals surface area contributed by atoms with Crippen LogP contribution in [0.3, 0.4) is 0 Å². The average molecular weight is 187 g/mol. The molecule has 0 saturated carbocycles. The van der Waals surface area contributed by atoms with E-state index in [0.717, 1.165) is 6.54 Å². The predicted octanol–water partition coefficient (Wildman–Crippen LogP) is -0.210. The second-order valence-electron chi connectivity index (χ2n) is 3.42. The van der Waals surface area contributed by atoms with Crippen molar-refractivity contribution in [2.24, 2.45) is 5.73 Å². The molecule has 0 heterocycles. The Labute approximate surface area is 80.5 Å². The van der Waals surface area contributed by atoms with Crippen molar-refractivity contribution in [3.63, 3.8) is 0 Å². The summed E-state index contributed by atoms with van der Waals surface area (Å²) in [5, 5.41) is 2.90. The SMILES string of the molecule is CCN(CC(NC)C(N)=O)C(C)C. The highest BCUT2D eigenvalue weighted by atomic mass is 16.1. The highest BCUT2D eigenvalue weighted by Crippen LogP contribution is 1.98. The van der Waals surface area contributed by atoms with Crippen LogP contribution in [-0.4, -0.2) is 43.0 Å². The van der Waals surface area contributed by atoms with E-state index < -0.39 is 0 Å². The summed E-state index contributed by atoms with van der Waals surface area (Å²) in [5.41, 5.74) is 5.22. The topological polar surface area (TPSA) is 58.4 Å². The third-order valence-corrected chi connectivity index (χ3v) is 2.25. The fourth-order valence-electron chi connectivity index (χ4n) is 1.26. The number of nitrogens with two attached hydrogens (primary N) is 1. The van der Waals surface area contributed by atoms with E-state index in [1.165, 1.54) is 0 Å². The third-order valence-electron chi connectivity index (χ3n) is 2.25. The molecule has 78 valence electrons. The number of nitrogens with one attached hydrogen (secondary N) is 1. The number of hydrogen-bond donors (Lipinski definition) is 2. The Balaban J connectivity index is 4.11. The zero-order chi connectivity index (χ0) is 10.4. The molecule has 0 aliphatic heterocycles. The van der Waals surface area contributed by atoms with Gasteiger partial charge in [-0.1, -0.05) is 6.92 Å². The van der Waals surface area contributed by atoms with Gasteiger partial charge in [-0.05, 0) is 27.4 Å². The fraction of sp³-hybridized carbons (Fsp3) is 0.889. The molecule has 0 aromatic rings. The molecule has 4 nitrogen and oxygen atoms in total.